The summed E-state index contributed by atoms with van der Waals surface area (Å²) < 4.78 is 1.23. The molecule has 4 unspecified atom stereocenters. The average Bonchev–Trinajstić information content (AvgIpc) is 2.91. The van der Waals surface area contributed by atoms with Gasteiger partial charge in [-0.1, -0.05) is 18.6 Å². The molecule has 2 saturated carbocycles. The van der Waals surface area contributed by atoms with Crippen molar-refractivity contribution in [3.63, 3.8) is 0 Å². The van der Waals surface area contributed by atoms with Gasteiger partial charge in [0.1, 0.15) is 0 Å². The Morgan fingerprint density at radius 2 is 1.94 bits per heavy atom. The summed E-state index contributed by atoms with van der Waals surface area (Å²) in [4.78, 5) is 0. The predicted molar refractivity (Wildman–Crippen MR) is 77.7 cm³/mol. The summed E-state index contributed by atoms with van der Waals surface area (Å²) in [5, 5.41) is 10.3. The van der Waals surface area contributed by atoms with Crippen molar-refractivity contribution in [1.82, 2.24) is 0 Å². The van der Waals surface area contributed by atoms with E-state index in [-0.39, 0.29) is 6.10 Å². The Morgan fingerprint density at radius 1 is 1.18 bits per heavy atom. The Hall–Kier alpha value is -0.0900. The van der Waals surface area contributed by atoms with Crippen molar-refractivity contribution in [2.24, 2.45) is 17.8 Å². The molecule has 2 bridgehead atoms. The highest BCUT2D eigenvalue weighted by Crippen LogP contribution is 2.50. The van der Waals surface area contributed by atoms with Gasteiger partial charge in [-0.15, -0.1) is 0 Å². The first kappa shape index (κ1) is 12.0. The van der Waals surface area contributed by atoms with Gasteiger partial charge in [-0.25, -0.2) is 0 Å². The van der Waals surface area contributed by atoms with E-state index >= 15 is 0 Å². The fourth-order valence-corrected chi connectivity index (χ4v) is 4.13. The summed E-state index contributed by atoms with van der Waals surface area (Å²) >= 11 is 2.30. The van der Waals surface area contributed by atoms with Gasteiger partial charge in [0.15, 0.2) is 0 Å². The Kier molecular flexibility index (Phi) is 3.44. The van der Waals surface area contributed by atoms with Gasteiger partial charge in [-0.05, 0) is 83.7 Å². The van der Waals surface area contributed by atoms with Gasteiger partial charge in [-0.3, -0.25) is 0 Å². The lowest BCUT2D eigenvalue weighted by atomic mass is 9.83. The number of halogens is 1. The smallest absolute Gasteiger partial charge is 0.0792 e. The monoisotopic (exact) mass is 342 g/mol. The summed E-state index contributed by atoms with van der Waals surface area (Å²) in [5.41, 5.74) is 1.09. The lowest BCUT2D eigenvalue weighted by Crippen LogP contribution is -2.14. The minimum atomic E-state index is -0.253. The molecule has 0 spiro atoms. The van der Waals surface area contributed by atoms with Crippen LogP contribution in [0.5, 0.6) is 0 Å². The number of hydrogen-bond donors (Lipinski definition) is 1. The quantitative estimate of drug-likeness (QED) is 0.818. The first-order valence-electron chi connectivity index (χ1n) is 6.66. The summed E-state index contributed by atoms with van der Waals surface area (Å²) in [6.45, 7) is 0. The van der Waals surface area contributed by atoms with Gasteiger partial charge in [0, 0.05) is 3.57 Å². The third-order valence-corrected chi connectivity index (χ3v) is 5.38. The lowest BCUT2D eigenvalue weighted by Gasteiger charge is -2.24. The predicted octanol–water partition coefficient (Wildman–Crippen LogP) is 4.15. The van der Waals surface area contributed by atoms with E-state index in [1.165, 1.54) is 29.3 Å². The SMILES string of the molecule is OC(CC1CC2CCC1C2)c1ccc(I)cc1. The maximum absolute atomic E-state index is 10.3. The summed E-state index contributed by atoms with van der Waals surface area (Å²) in [6, 6.07) is 8.30. The van der Waals surface area contributed by atoms with Crippen LogP contribution in [0, 0.1) is 21.3 Å². The Bertz CT molecular complexity index is 386. The first-order chi connectivity index (χ1) is 8.22. The molecular weight excluding hydrogens is 323 g/mol. The van der Waals surface area contributed by atoms with E-state index in [1.54, 1.807) is 0 Å². The van der Waals surface area contributed by atoms with E-state index in [0.29, 0.717) is 0 Å². The van der Waals surface area contributed by atoms with Crippen LogP contribution < -0.4 is 0 Å². The van der Waals surface area contributed by atoms with Crippen molar-refractivity contribution < 1.29 is 5.11 Å². The van der Waals surface area contributed by atoms with E-state index in [9.17, 15) is 5.11 Å². The maximum atomic E-state index is 10.3. The molecule has 2 heteroatoms. The summed E-state index contributed by atoms with van der Waals surface area (Å²) in [7, 11) is 0. The van der Waals surface area contributed by atoms with Crippen molar-refractivity contribution in [2.45, 2.75) is 38.2 Å². The van der Waals surface area contributed by atoms with Crippen LogP contribution in [0.25, 0.3) is 0 Å². The van der Waals surface area contributed by atoms with Crippen LogP contribution >= 0.6 is 22.6 Å². The zero-order valence-electron chi connectivity index (χ0n) is 9.98. The zero-order valence-corrected chi connectivity index (χ0v) is 12.1. The average molecular weight is 342 g/mol. The molecule has 0 saturated heterocycles. The van der Waals surface area contributed by atoms with Crippen molar-refractivity contribution in [1.29, 1.82) is 0 Å². The molecule has 2 aliphatic carbocycles. The van der Waals surface area contributed by atoms with Crippen molar-refractivity contribution >= 4 is 22.6 Å². The number of aliphatic hydroxyl groups excluding tert-OH is 1. The third-order valence-electron chi connectivity index (χ3n) is 4.67. The normalized spacial score (nSPS) is 32.9. The number of rotatable bonds is 3. The van der Waals surface area contributed by atoms with Crippen LogP contribution in [-0.4, -0.2) is 5.11 Å². The molecule has 92 valence electrons. The van der Waals surface area contributed by atoms with Gasteiger partial charge >= 0.3 is 0 Å². The molecule has 17 heavy (non-hydrogen) atoms. The van der Waals surface area contributed by atoms with Crippen molar-refractivity contribution in [3.8, 4) is 0 Å². The summed E-state index contributed by atoms with van der Waals surface area (Å²) in [5.74, 6) is 2.68. The number of benzene rings is 1. The molecule has 3 rings (SSSR count). The summed E-state index contributed by atoms with van der Waals surface area (Å²) in [6.07, 6.45) is 6.38. The van der Waals surface area contributed by atoms with Crippen LogP contribution in [0.1, 0.15) is 43.8 Å². The van der Waals surface area contributed by atoms with E-state index in [0.717, 1.165) is 29.7 Å². The van der Waals surface area contributed by atoms with Crippen LogP contribution in [-0.2, 0) is 0 Å². The van der Waals surface area contributed by atoms with Crippen LogP contribution in [0.2, 0.25) is 0 Å². The molecule has 1 N–H and O–H groups in total. The molecule has 0 aliphatic heterocycles. The minimum absolute atomic E-state index is 0.253. The first-order valence-corrected chi connectivity index (χ1v) is 7.74. The highest BCUT2D eigenvalue weighted by Gasteiger charge is 2.39. The van der Waals surface area contributed by atoms with E-state index in [4.69, 9.17) is 0 Å². The van der Waals surface area contributed by atoms with E-state index in [2.05, 4.69) is 46.9 Å². The molecule has 0 aromatic heterocycles. The lowest BCUT2D eigenvalue weighted by molar-refractivity contribution is 0.125. The third kappa shape index (κ3) is 2.53. The standard InChI is InChI=1S/C15H19IO/c16-14-5-3-11(4-6-14)15(17)9-13-8-10-1-2-12(13)7-10/h3-6,10,12-13,15,17H,1-2,7-9H2. The van der Waals surface area contributed by atoms with Gasteiger partial charge in [-0.2, -0.15) is 0 Å². The number of fused-ring (bicyclic) bond motifs is 2. The number of aliphatic hydroxyl groups is 1. The molecule has 1 nitrogen and oxygen atoms in total. The maximum Gasteiger partial charge on any atom is 0.0792 e. The van der Waals surface area contributed by atoms with Crippen molar-refractivity contribution in [3.05, 3.63) is 33.4 Å². The Balaban J connectivity index is 1.63. The fourth-order valence-electron chi connectivity index (χ4n) is 3.77. The molecular formula is C15H19IO. The molecule has 2 fully saturated rings. The fraction of sp³-hybridized carbons (Fsp3) is 0.600. The van der Waals surface area contributed by atoms with Gasteiger partial charge in [0.25, 0.3) is 0 Å². The minimum Gasteiger partial charge on any atom is -0.388 e. The topological polar surface area (TPSA) is 20.2 Å². The Morgan fingerprint density at radius 3 is 2.53 bits per heavy atom. The highest BCUT2D eigenvalue weighted by molar-refractivity contribution is 14.1. The molecule has 0 radical (unpaired) electrons. The second-order valence-electron chi connectivity index (χ2n) is 5.74. The molecule has 2 aliphatic rings. The second-order valence-corrected chi connectivity index (χ2v) is 6.98. The molecule has 1 aromatic carbocycles. The van der Waals surface area contributed by atoms with Gasteiger partial charge < -0.3 is 5.11 Å². The highest BCUT2D eigenvalue weighted by atomic mass is 127. The van der Waals surface area contributed by atoms with Gasteiger partial charge in [0.2, 0.25) is 0 Å². The number of hydrogen-bond acceptors (Lipinski definition) is 1. The van der Waals surface area contributed by atoms with E-state index < -0.39 is 0 Å². The molecule has 0 heterocycles. The van der Waals surface area contributed by atoms with Crippen LogP contribution in [0.4, 0.5) is 0 Å². The van der Waals surface area contributed by atoms with Crippen LogP contribution in [0.15, 0.2) is 24.3 Å². The zero-order chi connectivity index (χ0) is 11.8. The van der Waals surface area contributed by atoms with Crippen LogP contribution in [0.3, 0.4) is 0 Å². The molecule has 0 amide bonds. The van der Waals surface area contributed by atoms with Crippen molar-refractivity contribution in [2.75, 3.05) is 0 Å². The molecule has 1 aromatic rings. The van der Waals surface area contributed by atoms with Gasteiger partial charge in [0.05, 0.1) is 6.10 Å². The Labute approximate surface area is 117 Å². The molecule has 4 atom stereocenters. The van der Waals surface area contributed by atoms with E-state index in [1.807, 2.05) is 0 Å². The largest absolute Gasteiger partial charge is 0.388 e. The second kappa shape index (κ2) is 4.88.